The average molecular weight is 452 g/mol. The molecule has 0 bridgehead atoms. The van der Waals surface area contributed by atoms with Gasteiger partial charge in [0.15, 0.2) is 17.3 Å². The van der Waals surface area contributed by atoms with Crippen LogP contribution in [0.1, 0.15) is 39.3 Å². The summed E-state index contributed by atoms with van der Waals surface area (Å²) in [5.74, 6) is 3.26. The van der Waals surface area contributed by atoms with Crippen LogP contribution in [0.5, 0.6) is 11.5 Å². The number of methoxy groups -OCH3 is 1. The highest BCUT2D eigenvalue weighted by Crippen LogP contribution is 2.47. The molecular formula is C24H33N7O2. The van der Waals surface area contributed by atoms with E-state index in [4.69, 9.17) is 9.47 Å². The monoisotopic (exact) mass is 451 g/mol. The van der Waals surface area contributed by atoms with Crippen LogP contribution in [0.15, 0.2) is 36.5 Å². The highest BCUT2D eigenvalue weighted by atomic mass is 16.5. The van der Waals surface area contributed by atoms with Crippen molar-refractivity contribution < 1.29 is 9.47 Å². The third kappa shape index (κ3) is 5.73. The zero-order valence-electron chi connectivity index (χ0n) is 19.8. The molecule has 4 rings (SSSR count). The zero-order valence-corrected chi connectivity index (χ0v) is 19.8. The number of aromatic amines is 1. The molecule has 0 radical (unpaired) electrons. The zero-order chi connectivity index (χ0) is 23.3. The lowest BCUT2D eigenvalue weighted by Gasteiger charge is -2.19. The molecule has 2 heterocycles. The predicted molar refractivity (Wildman–Crippen MR) is 130 cm³/mol. The van der Waals surface area contributed by atoms with E-state index in [-0.39, 0.29) is 5.41 Å². The number of nitrogens with zero attached hydrogens (tertiary/aromatic N) is 4. The van der Waals surface area contributed by atoms with Gasteiger partial charge in [-0.25, -0.2) is 4.98 Å². The second-order valence-corrected chi connectivity index (χ2v) is 8.48. The molecular weight excluding hydrogens is 418 g/mol. The second kappa shape index (κ2) is 10.1. The van der Waals surface area contributed by atoms with E-state index in [2.05, 4.69) is 56.5 Å². The van der Waals surface area contributed by atoms with Gasteiger partial charge in [0, 0.05) is 41.7 Å². The normalized spacial score (nSPS) is 14.2. The number of rotatable bonds is 12. The fourth-order valence-electron chi connectivity index (χ4n) is 3.59. The summed E-state index contributed by atoms with van der Waals surface area (Å²) in [5.41, 5.74) is 2.21. The molecule has 1 aliphatic carbocycles. The third-order valence-electron chi connectivity index (χ3n) is 6.12. The molecule has 1 fully saturated rings. The molecule has 0 saturated heterocycles. The van der Waals surface area contributed by atoms with E-state index in [0.717, 1.165) is 36.8 Å². The summed E-state index contributed by atoms with van der Waals surface area (Å²) in [6.45, 7) is 9.98. The first-order valence-corrected chi connectivity index (χ1v) is 11.5. The van der Waals surface area contributed by atoms with Gasteiger partial charge in [0.1, 0.15) is 12.4 Å². The summed E-state index contributed by atoms with van der Waals surface area (Å²) >= 11 is 0. The van der Waals surface area contributed by atoms with Crippen LogP contribution in [0.3, 0.4) is 0 Å². The molecule has 33 heavy (non-hydrogen) atoms. The Morgan fingerprint density at radius 2 is 1.88 bits per heavy atom. The van der Waals surface area contributed by atoms with Gasteiger partial charge in [0.25, 0.3) is 0 Å². The summed E-state index contributed by atoms with van der Waals surface area (Å²) in [6, 6.07) is 9.55. The Morgan fingerprint density at radius 3 is 2.61 bits per heavy atom. The van der Waals surface area contributed by atoms with Gasteiger partial charge in [-0.2, -0.15) is 10.1 Å². The van der Waals surface area contributed by atoms with Gasteiger partial charge >= 0.3 is 0 Å². The lowest BCUT2D eigenvalue weighted by Crippen LogP contribution is -2.27. The predicted octanol–water partition coefficient (Wildman–Crippen LogP) is 4.47. The maximum atomic E-state index is 6.01. The van der Waals surface area contributed by atoms with Crippen LogP contribution in [-0.2, 0) is 5.41 Å². The van der Waals surface area contributed by atoms with E-state index in [0.29, 0.717) is 29.9 Å². The molecule has 3 N–H and O–H groups in total. The number of ether oxygens (including phenoxy) is 2. The molecule has 9 nitrogen and oxygen atoms in total. The SMILES string of the molecule is CCN(CC)CCOc1cc(Nc2nccc(Nc3cc(C4(C)CC4)[nH]n3)n2)ccc1OC. The highest BCUT2D eigenvalue weighted by Gasteiger charge is 2.40. The van der Waals surface area contributed by atoms with E-state index in [1.807, 2.05) is 30.3 Å². The van der Waals surface area contributed by atoms with Crippen molar-refractivity contribution in [2.45, 2.75) is 39.0 Å². The highest BCUT2D eigenvalue weighted by molar-refractivity contribution is 5.61. The molecule has 2 aromatic heterocycles. The van der Waals surface area contributed by atoms with Gasteiger partial charge in [-0.3, -0.25) is 5.10 Å². The number of benzene rings is 1. The Balaban J connectivity index is 1.41. The van der Waals surface area contributed by atoms with Crippen LogP contribution in [0.2, 0.25) is 0 Å². The lowest BCUT2D eigenvalue weighted by molar-refractivity contribution is 0.217. The van der Waals surface area contributed by atoms with Crippen LogP contribution < -0.4 is 20.1 Å². The van der Waals surface area contributed by atoms with E-state index in [1.54, 1.807) is 13.3 Å². The second-order valence-electron chi connectivity index (χ2n) is 8.48. The summed E-state index contributed by atoms with van der Waals surface area (Å²) in [5, 5.41) is 14.0. The fourth-order valence-corrected chi connectivity index (χ4v) is 3.59. The van der Waals surface area contributed by atoms with Crippen LogP contribution in [0.4, 0.5) is 23.3 Å². The van der Waals surface area contributed by atoms with Crippen molar-refractivity contribution in [3.63, 3.8) is 0 Å². The van der Waals surface area contributed by atoms with Gasteiger partial charge in [-0.15, -0.1) is 0 Å². The minimum Gasteiger partial charge on any atom is -0.493 e. The molecule has 176 valence electrons. The van der Waals surface area contributed by atoms with E-state index in [9.17, 15) is 0 Å². The first-order valence-electron chi connectivity index (χ1n) is 11.5. The van der Waals surface area contributed by atoms with Crippen LogP contribution in [-0.4, -0.2) is 58.4 Å². The first kappa shape index (κ1) is 22.8. The molecule has 0 atom stereocenters. The summed E-state index contributed by atoms with van der Waals surface area (Å²) in [7, 11) is 1.64. The number of hydrogen-bond donors (Lipinski definition) is 3. The Hall–Kier alpha value is -3.33. The van der Waals surface area contributed by atoms with E-state index in [1.165, 1.54) is 12.8 Å². The number of aromatic nitrogens is 4. The standard InChI is InChI=1S/C24H33N7O2/c1-5-31(6-2)13-14-33-19-15-17(7-8-18(19)32-4)26-23-25-12-9-21(28-23)27-22-16-20(29-30-22)24(3)10-11-24/h7-9,12,15-16H,5-6,10-11,13-14H2,1-4H3,(H3,25,26,27,28,29,30). The number of nitrogens with one attached hydrogen (secondary N) is 3. The van der Waals surface area contributed by atoms with Gasteiger partial charge in [-0.05, 0) is 44.1 Å². The molecule has 0 amide bonds. The third-order valence-corrected chi connectivity index (χ3v) is 6.12. The maximum Gasteiger partial charge on any atom is 0.229 e. The van der Waals surface area contributed by atoms with E-state index < -0.39 is 0 Å². The van der Waals surface area contributed by atoms with Gasteiger partial charge < -0.3 is 25.0 Å². The van der Waals surface area contributed by atoms with Gasteiger partial charge in [0.2, 0.25) is 5.95 Å². The number of anilines is 4. The van der Waals surface area contributed by atoms with Crippen molar-refractivity contribution in [1.29, 1.82) is 0 Å². The lowest BCUT2D eigenvalue weighted by atomic mass is 10.1. The average Bonchev–Trinajstić information content (AvgIpc) is 3.39. The molecule has 1 saturated carbocycles. The largest absolute Gasteiger partial charge is 0.493 e. The maximum absolute atomic E-state index is 6.01. The number of H-pyrrole nitrogens is 1. The summed E-state index contributed by atoms with van der Waals surface area (Å²) < 4.78 is 11.5. The molecule has 3 aromatic rings. The van der Waals surface area contributed by atoms with Crippen molar-refractivity contribution in [2.75, 3.05) is 44.0 Å². The minimum atomic E-state index is 0.241. The Kier molecular flexibility index (Phi) is 6.98. The topological polar surface area (TPSA) is 100 Å². The van der Waals surface area contributed by atoms with Crippen LogP contribution in [0.25, 0.3) is 0 Å². The Bertz CT molecular complexity index is 1060. The molecule has 9 heteroatoms. The molecule has 0 unspecified atom stereocenters. The smallest absolute Gasteiger partial charge is 0.229 e. The van der Waals surface area contributed by atoms with Gasteiger partial charge in [-0.1, -0.05) is 20.8 Å². The van der Waals surface area contributed by atoms with Crippen molar-refractivity contribution in [3.05, 3.63) is 42.2 Å². The van der Waals surface area contributed by atoms with E-state index >= 15 is 0 Å². The Labute approximate surface area is 194 Å². The molecule has 1 aliphatic rings. The van der Waals surface area contributed by atoms with Crippen molar-refractivity contribution in [3.8, 4) is 11.5 Å². The minimum absolute atomic E-state index is 0.241. The quantitative estimate of drug-likeness (QED) is 0.371. The van der Waals surface area contributed by atoms with Crippen LogP contribution >= 0.6 is 0 Å². The van der Waals surface area contributed by atoms with Crippen LogP contribution in [0, 0.1) is 0 Å². The van der Waals surface area contributed by atoms with Crippen molar-refractivity contribution in [2.24, 2.45) is 0 Å². The Morgan fingerprint density at radius 1 is 1.06 bits per heavy atom. The summed E-state index contributed by atoms with van der Waals surface area (Å²) in [4.78, 5) is 11.2. The first-order chi connectivity index (χ1) is 16.0. The number of hydrogen-bond acceptors (Lipinski definition) is 8. The summed E-state index contributed by atoms with van der Waals surface area (Å²) in [6.07, 6.45) is 4.09. The van der Waals surface area contributed by atoms with Crippen molar-refractivity contribution >= 4 is 23.3 Å². The van der Waals surface area contributed by atoms with Crippen molar-refractivity contribution in [1.82, 2.24) is 25.1 Å². The molecule has 1 aromatic carbocycles. The molecule has 0 spiro atoms. The fraction of sp³-hybridized carbons (Fsp3) is 0.458. The number of likely N-dealkylation sites (N-methyl/N-ethyl adjacent to an activating group) is 1. The van der Waals surface area contributed by atoms with Gasteiger partial charge in [0.05, 0.1) is 7.11 Å². The molecule has 0 aliphatic heterocycles.